The second-order valence-corrected chi connectivity index (χ2v) is 8.17. The molecule has 2 aromatic rings. The molecule has 0 unspecified atom stereocenters. The first-order valence-electron chi connectivity index (χ1n) is 8.82. The molecule has 7 nitrogen and oxygen atoms in total. The SMILES string of the molecule is COCCNC(=O)C[C@@H](c1ccc(OC)cc1)N(C)S(=O)(=O)c1ccccc1. The van der Waals surface area contributed by atoms with E-state index in [9.17, 15) is 13.2 Å². The van der Waals surface area contributed by atoms with Crippen LogP contribution in [0.2, 0.25) is 0 Å². The van der Waals surface area contributed by atoms with Crippen LogP contribution in [0.1, 0.15) is 18.0 Å². The normalized spacial score (nSPS) is 12.6. The van der Waals surface area contributed by atoms with E-state index in [0.717, 1.165) is 0 Å². The zero-order chi connectivity index (χ0) is 20.6. The van der Waals surface area contributed by atoms with Gasteiger partial charge in [-0.2, -0.15) is 4.31 Å². The van der Waals surface area contributed by atoms with E-state index in [1.807, 2.05) is 0 Å². The Balaban J connectivity index is 2.32. The van der Waals surface area contributed by atoms with Crippen LogP contribution in [0.3, 0.4) is 0 Å². The molecule has 0 aliphatic rings. The van der Waals surface area contributed by atoms with Crippen LogP contribution < -0.4 is 10.1 Å². The zero-order valence-corrected chi connectivity index (χ0v) is 17.1. The Morgan fingerprint density at radius 1 is 1.07 bits per heavy atom. The molecule has 0 heterocycles. The van der Waals surface area contributed by atoms with Crippen molar-refractivity contribution in [2.24, 2.45) is 0 Å². The number of carbonyl (C=O) groups is 1. The largest absolute Gasteiger partial charge is 0.497 e. The van der Waals surface area contributed by atoms with Crippen LogP contribution in [0.5, 0.6) is 5.75 Å². The molecule has 0 spiro atoms. The van der Waals surface area contributed by atoms with Crippen molar-refractivity contribution in [1.29, 1.82) is 0 Å². The quantitative estimate of drug-likeness (QED) is 0.612. The van der Waals surface area contributed by atoms with Gasteiger partial charge in [-0.15, -0.1) is 0 Å². The lowest BCUT2D eigenvalue weighted by molar-refractivity contribution is -0.122. The van der Waals surface area contributed by atoms with E-state index in [4.69, 9.17) is 9.47 Å². The summed E-state index contributed by atoms with van der Waals surface area (Å²) in [6.45, 7) is 0.747. The number of methoxy groups -OCH3 is 2. The standard InChI is InChI=1S/C20H26N2O5S/c1-22(28(24,25)18-7-5-4-6-8-18)19(15-20(23)21-13-14-26-2)16-9-11-17(27-3)12-10-16/h4-12,19H,13-15H2,1-3H3,(H,21,23)/t19-/m0/s1. The van der Waals surface area contributed by atoms with Crippen molar-refractivity contribution in [1.82, 2.24) is 9.62 Å². The number of hydrogen-bond acceptors (Lipinski definition) is 5. The van der Waals surface area contributed by atoms with Gasteiger partial charge in [0.05, 0.1) is 24.7 Å². The Hall–Kier alpha value is -2.42. The maximum Gasteiger partial charge on any atom is 0.243 e. The molecule has 0 aromatic heterocycles. The van der Waals surface area contributed by atoms with Crippen LogP contribution in [-0.4, -0.2) is 53.0 Å². The summed E-state index contributed by atoms with van der Waals surface area (Å²) >= 11 is 0. The number of rotatable bonds is 10. The van der Waals surface area contributed by atoms with Gasteiger partial charge in [0.1, 0.15) is 5.75 Å². The fraction of sp³-hybridized carbons (Fsp3) is 0.350. The lowest BCUT2D eigenvalue weighted by atomic mass is 10.0. The summed E-state index contributed by atoms with van der Waals surface area (Å²) in [5.74, 6) is 0.397. The fourth-order valence-electron chi connectivity index (χ4n) is 2.75. The van der Waals surface area contributed by atoms with Gasteiger partial charge in [0, 0.05) is 27.1 Å². The van der Waals surface area contributed by atoms with Gasteiger partial charge in [-0.1, -0.05) is 30.3 Å². The molecule has 2 aromatic carbocycles. The molecule has 0 aliphatic carbocycles. The topological polar surface area (TPSA) is 84.9 Å². The molecule has 0 radical (unpaired) electrons. The molecule has 0 aliphatic heterocycles. The molecule has 0 fully saturated rings. The number of carbonyl (C=O) groups excluding carboxylic acids is 1. The Labute approximate surface area is 166 Å². The third-order valence-electron chi connectivity index (χ3n) is 4.37. The van der Waals surface area contributed by atoms with Crippen LogP contribution in [-0.2, 0) is 19.6 Å². The molecule has 28 heavy (non-hydrogen) atoms. The van der Waals surface area contributed by atoms with Crippen molar-refractivity contribution in [3.05, 3.63) is 60.2 Å². The summed E-state index contributed by atoms with van der Waals surface area (Å²) in [5, 5.41) is 2.74. The number of nitrogens with one attached hydrogen (secondary N) is 1. The number of amides is 1. The second-order valence-electron chi connectivity index (χ2n) is 6.17. The van der Waals surface area contributed by atoms with Gasteiger partial charge in [0.15, 0.2) is 0 Å². The molecule has 1 N–H and O–H groups in total. The molecule has 0 bridgehead atoms. The molecule has 8 heteroatoms. The first-order chi connectivity index (χ1) is 13.4. The molecule has 1 atom stereocenters. The zero-order valence-electron chi connectivity index (χ0n) is 16.3. The predicted octanol–water partition coefficient (Wildman–Crippen LogP) is 2.21. The monoisotopic (exact) mass is 406 g/mol. The minimum Gasteiger partial charge on any atom is -0.497 e. The molecule has 0 saturated carbocycles. The second kappa shape index (κ2) is 10.2. The highest BCUT2D eigenvalue weighted by Gasteiger charge is 2.30. The van der Waals surface area contributed by atoms with E-state index < -0.39 is 16.1 Å². The number of benzene rings is 2. The first-order valence-corrected chi connectivity index (χ1v) is 10.3. The molecule has 2 rings (SSSR count). The molecule has 1 amide bonds. The highest BCUT2D eigenvalue weighted by atomic mass is 32.2. The minimum atomic E-state index is -3.78. The van der Waals surface area contributed by atoms with Gasteiger partial charge in [0.25, 0.3) is 0 Å². The predicted molar refractivity (Wildman–Crippen MR) is 107 cm³/mol. The third kappa shape index (κ3) is 5.54. The van der Waals surface area contributed by atoms with E-state index in [2.05, 4.69) is 5.32 Å². The third-order valence-corrected chi connectivity index (χ3v) is 6.25. The van der Waals surface area contributed by atoms with Gasteiger partial charge in [-0.25, -0.2) is 8.42 Å². The van der Waals surface area contributed by atoms with Crippen molar-refractivity contribution < 1.29 is 22.7 Å². The molecule has 152 valence electrons. The lowest BCUT2D eigenvalue weighted by Crippen LogP contribution is -2.36. The van der Waals surface area contributed by atoms with Gasteiger partial charge < -0.3 is 14.8 Å². The van der Waals surface area contributed by atoms with Gasteiger partial charge in [-0.3, -0.25) is 4.79 Å². The highest BCUT2D eigenvalue weighted by molar-refractivity contribution is 7.89. The maximum atomic E-state index is 13.1. The number of sulfonamides is 1. The van der Waals surface area contributed by atoms with E-state index in [0.29, 0.717) is 24.5 Å². The van der Waals surface area contributed by atoms with Crippen LogP contribution in [0.4, 0.5) is 0 Å². The van der Waals surface area contributed by atoms with E-state index in [1.165, 1.54) is 23.5 Å². The van der Waals surface area contributed by atoms with Crippen molar-refractivity contribution in [3.63, 3.8) is 0 Å². The average molecular weight is 407 g/mol. The summed E-state index contributed by atoms with van der Waals surface area (Å²) in [6.07, 6.45) is -0.0153. The number of hydrogen-bond donors (Lipinski definition) is 1. The van der Waals surface area contributed by atoms with Crippen molar-refractivity contribution in [3.8, 4) is 5.75 Å². The van der Waals surface area contributed by atoms with Crippen LogP contribution >= 0.6 is 0 Å². The highest BCUT2D eigenvalue weighted by Crippen LogP contribution is 2.30. The summed E-state index contributed by atoms with van der Waals surface area (Å²) < 4.78 is 37.5. The van der Waals surface area contributed by atoms with E-state index >= 15 is 0 Å². The Kier molecular flexibility index (Phi) is 7.98. The van der Waals surface area contributed by atoms with Gasteiger partial charge in [0.2, 0.25) is 15.9 Å². The fourth-order valence-corrected chi connectivity index (χ4v) is 4.11. The van der Waals surface area contributed by atoms with Crippen molar-refractivity contribution in [2.45, 2.75) is 17.4 Å². The number of ether oxygens (including phenoxy) is 2. The molecular weight excluding hydrogens is 380 g/mol. The van der Waals surface area contributed by atoms with Crippen LogP contribution in [0.25, 0.3) is 0 Å². The summed E-state index contributed by atoms with van der Waals surface area (Å²) in [4.78, 5) is 12.6. The average Bonchev–Trinajstić information content (AvgIpc) is 2.72. The Morgan fingerprint density at radius 3 is 2.29 bits per heavy atom. The summed E-state index contributed by atoms with van der Waals surface area (Å²) in [7, 11) is 0.816. The van der Waals surface area contributed by atoms with Crippen molar-refractivity contribution >= 4 is 15.9 Å². The summed E-state index contributed by atoms with van der Waals surface area (Å²) in [5.41, 5.74) is 0.699. The van der Waals surface area contributed by atoms with E-state index in [-0.39, 0.29) is 17.2 Å². The maximum absolute atomic E-state index is 13.1. The smallest absolute Gasteiger partial charge is 0.243 e. The van der Waals surface area contributed by atoms with Crippen LogP contribution in [0, 0.1) is 0 Å². The lowest BCUT2D eigenvalue weighted by Gasteiger charge is -2.28. The molecule has 0 saturated heterocycles. The van der Waals surface area contributed by atoms with Gasteiger partial charge >= 0.3 is 0 Å². The van der Waals surface area contributed by atoms with E-state index in [1.54, 1.807) is 56.7 Å². The van der Waals surface area contributed by atoms with Gasteiger partial charge in [-0.05, 0) is 29.8 Å². The number of nitrogens with zero attached hydrogens (tertiary/aromatic N) is 1. The minimum absolute atomic E-state index is 0.0153. The Bertz CT molecular complexity index is 854. The van der Waals surface area contributed by atoms with Crippen molar-refractivity contribution in [2.75, 3.05) is 34.4 Å². The summed E-state index contributed by atoms with van der Waals surface area (Å²) in [6, 6.07) is 14.5. The first kappa shape index (κ1) is 21.9. The van der Waals surface area contributed by atoms with Crippen LogP contribution in [0.15, 0.2) is 59.5 Å². The molecular formula is C20H26N2O5S. The Morgan fingerprint density at radius 2 is 1.71 bits per heavy atom.